The van der Waals surface area contributed by atoms with E-state index in [-0.39, 0.29) is 12.1 Å². The summed E-state index contributed by atoms with van der Waals surface area (Å²) in [6.07, 6.45) is -3.65. The fourth-order valence-electron chi connectivity index (χ4n) is 1.09. The number of hydrogen-bond acceptors (Lipinski definition) is 4. The van der Waals surface area contributed by atoms with Gasteiger partial charge in [-0.3, -0.25) is 0 Å². The number of aliphatic hydroxyl groups is 1. The van der Waals surface area contributed by atoms with Crippen LogP contribution in [0, 0.1) is 0 Å². The van der Waals surface area contributed by atoms with Crippen molar-refractivity contribution in [3.63, 3.8) is 0 Å². The molecule has 0 atom stereocenters. The molecule has 15 heavy (non-hydrogen) atoms. The van der Waals surface area contributed by atoms with E-state index in [0.29, 0.717) is 9.84 Å². The molecule has 3 nitrogen and oxygen atoms in total. The third kappa shape index (κ3) is 1.93. The van der Waals surface area contributed by atoms with Crippen LogP contribution in [0.5, 0.6) is 0 Å². The van der Waals surface area contributed by atoms with Gasteiger partial charge < -0.3 is 5.11 Å². The molecule has 0 aliphatic rings. The summed E-state index contributed by atoms with van der Waals surface area (Å²) >= 11 is 1.08. The molecule has 0 saturated heterocycles. The predicted molar refractivity (Wildman–Crippen MR) is 48.3 cm³/mol. The van der Waals surface area contributed by atoms with Crippen molar-refractivity contribution >= 4 is 21.7 Å². The van der Waals surface area contributed by atoms with Gasteiger partial charge in [-0.25, -0.2) is 9.97 Å². The number of alkyl halides is 3. The van der Waals surface area contributed by atoms with Gasteiger partial charge in [0, 0.05) is 6.20 Å². The predicted octanol–water partition coefficient (Wildman–Crippen LogP) is 2.20. The van der Waals surface area contributed by atoms with Crippen molar-refractivity contribution in [3.05, 3.63) is 22.8 Å². The number of aliphatic hydroxyl groups excluding tert-OH is 1. The minimum Gasteiger partial charge on any atom is -0.389 e. The van der Waals surface area contributed by atoms with E-state index in [1.54, 1.807) is 0 Å². The number of fused-ring (bicyclic) bond motifs is 1. The molecule has 7 heteroatoms. The maximum atomic E-state index is 12.3. The Labute approximate surface area is 86.2 Å². The molecular weight excluding hydrogens is 229 g/mol. The Hall–Kier alpha value is -1.21. The van der Waals surface area contributed by atoms with Gasteiger partial charge in [0.05, 0.1) is 12.2 Å². The fourth-order valence-corrected chi connectivity index (χ4v) is 1.84. The molecule has 2 rings (SSSR count). The van der Waals surface area contributed by atoms with Crippen molar-refractivity contribution in [3.8, 4) is 0 Å². The minimum atomic E-state index is -4.41. The van der Waals surface area contributed by atoms with Gasteiger partial charge in [0.15, 0.2) is 0 Å². The second-order valence-corrected chi connectivity index (χ2v) is 3.87. The van der Waals surface area contributed by atoms with Crippen molar-refractivity contribution in [1.82, 2.24) is 9.97 Å². The van der Waals surface area contributed by atoms with E-state index >= 15 is 0 Å². The van der Waals surface area contributed by atoms with E-state index in [0.717, 1.165) is 23.6 Å². The lowest BCUT2D eigenvalue weighted by molar-refractivity contribution is -0.137. The number of rotatable bonds is 1. The number of thiazole rings is 1. The first-order valence-corrected chi connectivity index (χ1v) is 4.76. The summed E-state index contributed by atoms with van der Waals surface area (Å²) in [4.78, 5) is 7.85. The van der Waals surface area contributed by atoms with E-state index in [1.165, 1.54) is 0 Å². The summed E-state index contributed by atoms with van der Waals surface area (Å²) in [5.41, 5.74) is -0.663. The summed E-state index contributed by atoms with van der Waals surface area (Å²) in [7, 11) is 0. The van der Waals surface area contributed by atoms with Crippen molar-refractivity contribution in [1.29, 1.82) is 0 Å². The summed E-state index contributed by atoms with van der Waals surface area (Å²) in [6, 6.07) is 0.929. The first-order chi connectivity index (χ1) is 7.00. The summed E-state index contributed by atoms with van der Waals surface area (Å²) in [5, 5.41) is 9.12. The molecule has 0 bridgehead atoms. The van der Waals surface area contributed by atoms with Gasteiger partial charge in [-0.2, -0.15) is 13.2 Å². The van der Waals surface area contributed by atoms with Crippen LogP contribution in [0.4, 0.5) is 13.2 Å². The van der Waals surface area contributed by atoms with Gasteiger partial charge in [-0.1, -0.05) is 11.3 Å². The third-order valence-corrected chi connectivity index (χ3v) is 2.72. The number of nitrogens with zero attached hydrogens (tertiary/aromatic N) is 2. The van der Waals surface area contributed by atoms with Crippen molar-refractivity contribution in [2.75, 3.05) is 0 Å². The van der Waals surface area contributed by atoms with Crippen LogP contribution in [0.3, 0.4) is 0 Å². The highest BCUT2D eigenvalue weighted by Crippen LogP contribution is 2.31. The van der Waals surface area contributed by atoms with Gasteiger partial charge >= 0.3 is 6.18 Å². The number of pyridine rings is 1. The van der Waals surface area contributed by atoms with Crippen LogP contribution in [0.15, 0.2) is 12.3 Å². The molecule has 0 saturated carbocycles. The molecule has 2 aromatic heterocycles. The van der Waals surface area contributed by atoms with Crippen LogP contribution in [-0.2, 0) is 12.8 Å². The Morgan fingerprint density at radius 2 is 2.13 bits per heavy atom. The molecular formula is C8H5F3N2OS. The second kappa shape index (κ2) is 3.42. The molecule has 2 aromatic rings. The molecule has 80 valence electrons. The normalized spacial score (nSPS) is 12.3. The maximum Gasteiger partial charge on any atom is 0.417 e. The van der Waals surface area contributed by atoms with Gasteiger partial charge in [0.25, 0.3) is 0 Å². The van der Waals surface area contributed by atoms with Crippen LogP contribution in [0.1, 0.15) is 10.6 Å². The van der Waals surface area contributed by atoms with Crippen molar-refractivity contribution in [2.24, 2.45) is 0 Å². The monoisotopic (exact) mass is 234 g/mol. The van der Waals surface area contributed by atoms with Crippen LogP contribution in [0.2, 0.25) is 0 Å². The number of hydrogen-bond donors (Lipinski definition) is 1. The molecule has 0 fully saturated rings. The van der Waals surface area contributed by atoms with Crippen molar-refractivity contribution in [2.45, 2.75) is 12.8 Å². The lowest BCUT2D eigenvalue weighted by Gasteiger charge is -2.04. The number of aromatic nitrogens is 2. The Morgan fingerprint density at radius 3 is 2.73 bits per heavy atom. The van der Waals surface area contributed by atoms with E-state index in [1.807, 2.05) is 0 Å². The number of halogens is 3. The Kier molecular flexibility index (Phi) is 2.35. The molecule has 0 aromatic carbocycles. The van der Waals surface area contributed by atoms with Gasteiger partial charge in [-0.05, 0) is 6.07 Å². The van der Waals surface area contributed by atoms with E-state index in [4.69, 9.17) is 5.11 Å². The first kappa shape index (κ1) is 10.3. The molecule has 2 heterocycles. The van der Waals surface area contributed by atoms with E-state index in [2.05, 4.69) is 9.97 Å². The summed E-state index contributed by atoms with van der Waals surface area (Å²) in [6.45, 7) is -0.289. The SMILES string of the molecule is OCc1nc2cc(C(F)(F)F)cnc2s1. The quantitative estimate of drug-likeness (QED) is 0.822. The second-order valence-electron chi connectivity index (χ2n) is 2.81. The van der Waals surface area contributed by atoms with Crippen LogP contribution in [-0.4, -0.2) is 15.1 Å². The highest BCUT2D eigenvalue weighted by atomic mass is 32.1. The average molecular weight is 234 g/mol. The fraction of sp³-hybridized carbons (Fsp3) is 0.250. The Morgan fingerprint density at radius 1 is 1.40 bits per heavy atom. The molecule has 0 aliphatic heterocycles. The molecule has 0 unspecified atom stereocenters. The van der Waals surface area contributed by atoms with Gasteiger partial charge in [-0.15, -0.1) is 0 Å². The van der Waals surface area contributed by atoms with Gasteiger partial charge in [0.1, 0.15) is 15.4 Å². The first-order valence-electron chi connectivity index (χ1n) is 3.94. The standard InChI is InChI=1S/C8H5F3N2OS/c9-8(10,11)4-1-5-7(12-2-4)15-6(3-14)13-5/h1-2,14H,3H2. The van der Waals surface area contributed by atoms with Crippen LogP contribution >= 0.6 is 11.3 Å². The Bertz CT molecular complexity index is 494. The van der Waals surface area contributed by atoms with E-state index in [9.17, 15) is 13.2 Å². The molecule has 0 radical (unpaired) electrons. The van der Waals surface area contributed by atoms with E-state index < -0.39 is 11.7 Å². The zero-order valence-corrected chi connectivity index (χ0v) is 8.06. The van der Waals surface area contributed by atoms with Gasteiger partial charge in [0.2, 0.25) is 0 Å². The summed E-state index contributed by atoms with van der Waals surface area (Å²) in [5.74, 6) is 0. The molecule has 0 spiro atoms. The largest absolute Gasteiger partial charge is 0.417 e. The van der Waals surface area contributed by atoms with Crippen molar-refractivity contribution < 1.29 is 18.3 Å². The average Bonchev–Trinajstić information content (AvgIpc) is 2.57. The topological polar surface area (TPSA) is 46.0 Å². The third-order valence-electron chi connectivity index (χ3n) is 1.75. The zero-order valence-electron chi connectivity index (χ0n) is 7.25. The molecule has 0 aliphatic carbocycles. The Balaban J connectivity index is 2.55. The minimum absolute atomic E-state index is 0.166. The summed E-state index contributed by atoms with van der Waals surface area (Å²) < 4.78 is 36.9. The highest BCUT2D eigenvalue weighted by molar-refractivity contribution is 7.18. The highest BCUT2D eigenvalue weighted by Gasteiger charge is 2.31. The van der Waals surface area contributed by atoms with Crippen LogP contribution < -0.4 is 0 Å². The van der Waals surface area contributed by atoms with Crippen LogP contribution in [0.25, 0.3) is 10.3 Å². The lowest BCUT2D eigenvalue weighted by Crippen LogP contribution is -2.04. The smallest absolute Gasteiger partial charge is 0.389 e. The molecule has 0 amide bonds. The molecule has 1 N–H and O–H groups in total. The zero-order chi connectivity index (χ0) is 11.1. The maximum absolute atomic E-state index is 12.3. The lowest BCUT2D eigenvalue weighted by atomic mass is 10.3.